The Morgan fingerprint density at radius 1 is 0.667 bits per heavy atom. The number of anilines is 4. The third-order valence-corrected chi connectivity index (χ3v) is 13.6. The SMILES string of the molecule is NC1(CO)CCN(c2nccn3ccnc23)C1.O=C(N[C@@]1(CO)CCN(c2nccn3ccnc23)C1)c1csc(N2CCC(O)CC2)n1.O=C(O)c1csc(N2CCC(O)CC2)n1. The predicted molar refractivity (Wildman–Crippen MR) is 237 cm³/mol. The molecule has 2 atom stereocenters. The van der Waals surface area contributed by atoms with Crippen LogP contribution in [0, 0.1) is 0 Å². The fraction of sp³-hybridized carbons (Fsp3) is 0.500. The molecule has 6 aromatic rings. The number of piperidine rings is 2. The monoisotopic (exact) mass is 904 g/mol. The highest BCUT2D eigenvalue weighted by Crippen LogP contribution is 2.30. The second kappa shape index (κ2) is 19.0. The Kier molecular flexibility index (Phi) is 13.3. The van der Waals surface area contributed by atoms with Gasteiger partial charge in [-0.15, -0.1) is 22.7 Å². The third-order valence-electron chi connectivity index (χ3n) is 11.8. The largest absolute Gasteiger partial charge is 0.476 e. The number of aromatic nitrogens is 8. The van der Waals surface area contributed by atoms with Gasteiger partial charge in [-0.2, -0.15) is 0 Å². The van der Waals surface area contributed by atoms with Crippen LogP contribution >= 0.6 is 22.7 Å². The first-order chi connectivity index (χ1) is 30.4. The van der Waals surface area contributed by atoms with E-state index < -0.39 is 17.0 Å². The van der Waals surface area contributed by atoms with Crippen LogP contribution in [-0.2, 0) is 0 Å². The van der Waals surface area contributed by atoms with Gasteiger partial charge in [-0.05, 0) is 38.5 Å². The van der Waals surface area contributed by atoms with Crippen LogP contribution < -0.4 is 30.7 Å². The topological polar surface area (TPSA) is 272 Å². The second-order valence-electron chi connectivity index (χ2n) is 16.3. The molecular weight excluding hydrogens is 853 g/mol. The summed E-state index contributed by atoms with van der Waals surface area (Å²) < 4.78 is 3.83. The molecule has 4 aliphatic rings. The number of carbonyl (C=O) groups excluding carboxylic acids is 1. The van der Waals surface area contributed by atoms with Crippen molar-refractivity contribution in [2.75, 3.05) is 85.2 Å². The summed E-state index contributed by atoms with van der Waals surface area (Å²) in [4.78, 5) is 57.9. The number of fused-ring (bicyclic) bond motifs is 2. The molecule has 10 heterocycles. The van der Waals surface area contributed by atoms with E-state index in [4.69, 9.17) is 10.8 Å². The Morgan fingerprint density at radius 3 is 1.62 bits per heavy atom. The zero-order chi connectivity index (χ0) is 44.1. The van der Waals surface area contributed by atoms with E-state index in [1.165, 1.54) is 22.7 Å². The van der Waals surface area contributed by atoms with Crippen LogP contribution in [0.3, 0.4) is 0 Å². The lowest BCUT2D eigenvalue weighted by atomic mass is 10.00. The normalized spacial score (nSPS) is 22.0. The fourth-order valence-corrected chi connectivity index (χ4v) is 9.81. The molecule has 0 spiro atoms. The second-order valence-corrected chi connectivity index (χ2v) is 18.0. The number of hydrogen-bond donors (Lipinski definition) is 7. The molecule has 4 saturated heterocycles. The lowest BCUT2D eigenvalue weighted by Gasteiger charge is -2.29. The predicted octanol–water partition coefficient (Wildman–Crippen LogP) is 0.950. The maximum Gasteiger partial charge on any atom is 0.355 e. The molecule has 336 valence electrons. The highest BCUT2D eigenvalue weighted by atomic mass is 32.1. The summed E-state index contributed by atoms with van der Waals surface area (Å²) in [5, 5.41) is 55.0. The van der Waals surface area contributed by atoms with E-state index in [0.717, 1.165) is 85.2 Å². The van der Waals surface area contributed by atoms with Crippen molar-refractivity contribution in [2.45, 2.75) is 61.8 Å². The van der Waals surface area contributed by atoms with E-state index in [1.807, 2.05) is 43.4 Å². The molecule has 10 rings (SSSR count). The van der Waals surface area contributed by atoms with Crippen LogP contribution in [-0.4, -0.2) is 165 Å². The summed E-state index contributed by atoms with van der Waals surface area (Å²) in [6.45, 7) is 5.29. The van der Waals surface area contributed by atoms with Gasteiger partial charge in [0.15, 0.2) is 38.9 Å². The maximum atomic E-state index is 12.9. The summed E-state index contributed by atoms with van der Waals surface area (Å²) in [6, 6.07) is 0. The molecule has 21 nitrogen and oxygen atoms in total. The summed E-state index contributed by atoms with van der Waals surface area (Å²) in [6.07, 6.45) is 18.2. The van der Waals surface area contributed by atoms with Gasteiger partial charge in [-0.1, -0.05) is 0 Å². The van der Waals surface area contributed by atoms with Crippen LogP contribution in [0.2, 0.25) is 0 Å². The number of amides is 1. The van der Waals surface area contributed by atoms with Gasteiger partial charge in [-0.25, -0.2) is 34.7 Å². The third kappa shape index (κ3) is 9.98. The highest BCUT2D eigenvalue weighted by Gasteiger charge is 2.41. The Balaban J connectivity index is 0.000000143. The number of aliphatic hydroxyl groups excluding tert-OH is 4. The molecule has 6 aromatic heterocycles. The Morgan fingerprint density at radius 2 is 1.14 bits per heavy atom. The van der Waals surface area contributed by atoms with E-state index in [-0.39, 0.29) is 37.0 Å². The van der Waals surface area contributed by atoms with Crippen LogP contribution in [0.1, 0.15) is 59.5 Å². The van der Waals surface area contributed by atoms with Crippen molar-refractivity contribution in [3.05, 3.63) is 71.7 Å². The quantitative estimate of drug-likeness (QED) is 0.106. The Hall–Kier alpha value is -5.56. The summed E-state index contributed by atoms with van der Waals surface area (Å²) in [5.74, 6) is 0.288. The molecule has 1 unspecified atom stereocenters. The first-order valence-electron chi connectivity index (χ1n) is 20.8. The smallest absolute Gasteiger partial charge is 0.355 e. The van der Waals surface area contributed by atoms with Gasteiger partial charge in [0.05, 0.1) is 36.5 Å². The number of hydrogen-bond acceptors (Lipinski definition) is 19. The van der Waals surface area contributed by atoms with Crippen LogP contribution in [0.25, 0.3) is 11.3 Å². The average Bonchev–Trinajstić information content (AvgIpc) is 4.16. The van der Waals surface area contributed by atoms with Gasteiger partial charge in [0.1, 0.15) is 5.69 Å². The zero-order valence-electron chi connectivity index (χ0n) is 34.6. The van der Waals surface area contributed by atoms with Gasteiger partial charge in [0.25, 0.3) is 5.91 Å². The van der Waals surface area contributed by atoms with Gasteiger partial charge in [-0.3, -0.25) is 4.79 Å². The summed E-state index contributed by atoms with van der Waals surface area (Å²) >= 11 is 2.77. The molecule has 4 aliphatic heterocycles. The number of nitrogens with one attached hydrogen (secondary N) is 1. The van der Waals surface area contributed by atoms with Crippen molar-refractivity contribution in [2.24, 2.45) is 5.73 Å². The Labute approximate surface area is 370 Å². The van der Waals surface area contributed by atoms with E-state index >= 15 is 0 Å². The molecule has 0 bridgehead atoms. The fourth-order valence-electron chi connectivity index (χ4n) is 8.10. The summed E-state index contributed by atoms with van der Waals surface area (Å²) in [5.41, 5.74) is 6.81. The molecule has 0 saturated carbocycles. The molecule has 23 heteroatoms. The molecule has 0 radical (unpaired) electrons. The average molecular weight is 905 g/mol. The molecule has 4 fully saturated rings. The summed E-state index contributed by atoms with van der Waals surface area (Å²) in [7, 11) is 0. The minimum Gasteiger partial charge on any atom is -0.476 e. The first-order valence-corrected chi connectivity index (χ1v) is 22.6. The minimum absolute atomic E-state index is 0.00105. The number of rotatable bonds is 9. The molecule has 0 aromatic carbocycles. The zero-order valence-corrected chi connectivity index (χ0v) is 36.2. The number of nitrogens with zero attached hydrogens (tertiary/aromatic N) is 12. The van der Waals surface area contributed by atoms with Gasteiger partial charge in [0.2, 0.25) is 0 Å². The van der Waals surface area contributed by atoms with Crippen LogP contribution in [0.4, 0.5) is 21.9 Å². The van der Waals surface area contributed by atoms with Gasteiger partial charge < -0.3 is 65.0 Å². The molecular formula is C40H52N14O7S2. The van der Waals surface area contributed by atoms with E-state index in [0.29, 0.717) is 44.6 Å². The number of imidazole rings is 2. The van der Waals surface area contributed by atoms with E-state index in [9.17, 15) is 30.0 Å². The van der Waals surface area contributed by atoms with Crippen molar-refractivity contribution in [1.82, 2.24) is 44.0 Å². The molecule has 0 aliphatic carbocycles. The number of thiazole rings is 2. The van der Waals surface area contributed by atoms with Gasteiger partial charge in [0, 0.05) is 113 Å². The Bertz CT molecular complexity index is 2480. The number of nitrogens with two attached hydrogens (primary N) is 1. The van der Waals surface area contributed by atoms with Crippen LogP contribution in [0.15, 0.2) is 60.3 Å². The number of aliphatic hydroxyl groups is 4. The van der Waals surface area contributed by atoms with Crippen LogP contribution in [0.5, 0.6) is 0 Å². The van der Waals surface area contributed by atoms with Crippen molar-refractivity contribution in [3.63, 3.8) is 0 Å². The molecule has 8 N–H and O–H groups in total. The molecule has 63 heavy (non-hydrogen) atoms. The standard InChI is InChI=1S/C20H25N7O3S.C11H15N5O.C9H12N2O3S/c28-13-20(3-8-27(12-20)17-16-21-4-9-25(16)10-5-22-17)24-18(30)15-11-31-19(23-15)26-6-1-14(29)2-7-26;12-11(8-17)1-4-16(7-11)10-9-13-2-5-15(9)6-3-14-10;12-6-1-3-11(4-2-6)9-10-7(5-15-9)8(13)14/h4-5,9-11,14,28-29H,1-3,6-8,12-13H2,(H,24,30);2-3,5-6,17H,1,4,7-8,12H2;5-6,12H,1-4H2,(H,13,14)/t20-;;/m0../s1. The lowest BCUT2D eigenvalue weighted by molar-refractivity contribution is 0.0690. The minimum atomic E-state index is -0.991. The van der Waals surface area contributed by atoms with Crippen molar-refractivity contribution >= 4 is 67.7 Å². The van der Waals surface area contributed by atoms with Crippen molar-refractivity contribution < 1.29 is 35.1 Å². The highest BCUT2D eigenvalue weighted by molar-refractivity contribution is 7.14. The first kappa shape index (κ1) is 44.1. The van der Waals surface area contributed by atoms with Crippen molar-refractivity contribution in [1.29, 1.82) is 0 Å². The van der Waals surface area contributed by atoms with E-state index in [1.54, 1.807) is 35.5 Å². The number of aromatic carboxylic acids is 1. The van der Waals surface area contributed by atoms with Gasteiger partial charge >= 0.3 is 5.97 Å². The van der Waals surface area contributed by atoms with Crippen molar-refractivity contribution in [3.8, 4) is 0 Å². The number of carboxylic acids is 1. The number of carboxylic acid groups (broad SMARTS) is 1. The number of carbonyl (C=O) groups is 2. The molecule has 1 amide bonds. The lowest BCUT2D eigenvalue weighted by Crippen LogP contribution is -2.53. The van der Waals surface area contributed by atoms with E-state index in [2.05, 4.69) is 45.0 Å². The maximum absolute atomic E-state index is 12.9.